The maximum atomic E-state index is 15.0. The number of nitrogens with one attached hydrogen (secondary N) is 1. The number of carbonyl (C=O) groups is 1. The van der Waals surface area contributed by atoms with E-state index < -0.39 is 30.2 Å². The van der Waals surface area contributed by atoms with Crippen LogP contribution in [0.3, 0.4) is 0 Å². The fraction of sp³-hybridized carbons (Fsp3) is 0.321. The molecule has 1 aromatic carbocycles. The third kappa shape index (κ3) is 7.01. The molecule has 15 heteroatoms. The zero-order chi connectivity index (χ0) is 30.7. The first-order valence-corrected chi connectivity index (χ1v) is 14.0. The predicted molar refractivity (Wildman–Crippen MR) is 156 cm³/mol. The van der Waals surface area contributed by atoms with Crippen LogP contribution < -0.4 is 19.5 Å². The summed E-state index contributed by atoms with van der Waals surface area (Å²) in [5.74, 6) is -0.557. The van der Waals surface area contributed by atoms with Crippen LogP contribution in [0.4, 0.5) is 14.9 Å². The molecule has 0 aliphatic carbocycles. The van der Waals surface area contributed by atoms with Crippen LogP contribution in [0, 0.1) is 12.7 Å². The SMILES string of the molecule is COc1cnc2c(-c3nc4cc(F)c(O[C@@H](C)[C@@H](C)OC(=O)Nc5cnc(OC[C@H](C)O)nc5)nc4s3)cc(C)cc2n1. The largest absolute Gasteiger partial charge is 0.480 e. The van der Waals surface area contributed by atoms with Gasteiger partial charge < -0.3 is 24.1 Å². The Kier molecular flexibility index (Phi) is 8.73. The molecule has 5 aromatic rings. The average molecular weight is 610 g/mol. The van der Waals surface area contributed by atoms with Crippen molar-refractivity contribution >= 4 is 44.5 Å². The molecule has 0 aliphatic heterocycles. The van der Waals surface area contributed by atoms with Gasteiger partial charge in [0.05, 0.1) is 48.5 Å². The standard InChI is InChI=1S/C28H28FN7O6S/c1-13-6-18(23-20(7-13)34-22(39-5)11-30-23)25-35-21-8-19(29)24(36-26(21)43-25)41-15(3)16(4)42-28(38)33-17-9-31-27(32-10-17)40-12-14(2)37/h6-11,14-16,37H,12H2,1-5H3,(H,33,38)/t14-,15-,16+/m0/s1. The van der Waals surface area contributed by atoms with E-state index in [-0.39, 0.29) is 24.2 Å². The second kappa shape index (κ2) is 12.6. The van der Waals surface area contributed by atoms with Crippen LogP contribution in [0.5, 0.6) is 17.8 Å². The molecule has 0 saturated carbocycles. The first-order valence-electron chi connectivity index (χ1n) is 13.2. The molecule has 4 aromatic heterocycles. The van der Waals surface area contributed by atoms with Crippen LogP contribution in [0.2, 0.25) is 0 Å². The number of amides is 1. The van der Waals surface area contributed by atoms with E-state index in [2.05, 4.69) is 35.2 Å². The Morgan fingerprint density at radius 3 is 2.51 bits per heavy atom. The zero-order valence-corrected chi connectivity index (χ0v) is 24.7. The molecule has 0 aliphatic rings. The quantitative estimate of drug-likeness (QED) is 0.224. The van der Waals surface area contributed by atoms with Crippen LogP contribution >= 0.6 is 11.3 Å². The summed E-state index contributed by atoms with van der Waals surface area (Å²) in [5, 5.41) is 12.4. The summed E-state index contributed by atoms with van der Waals surface area (Å²) >= 11 is 1.26. The number of aliphatic hydroxyl groups excluding tert-OH is 1. The number of anilines is 1. The highest BCUT2D eigenvalue weighted by molar-refractivity contribution is 7.21. The Labute approximate surface area is 249 Å². The molecule has 43 heavy (non-hydrogen) atoms. The number of aliphatic hydroxyl groups is 1. The number of pyridine rings is 1. The molecule has 0 saturated heterocycles. The third-order valence-corrected chi connectivity index (χ3v) is 7.09. The predicted octanol–water partition coefficient (Wildman–Crippen LogP) is 4.71. The summed E-state index contributed by atoms with van der Waals surface area (Å²) in [5.41, 5.74) is 3.60. The van der Waals surface area contributed by atoms with E-state index in [1.165, 1.54) is 43.1 Å². The molecule has 2 N–H and O–H groups in total. The van der Waals surface area contributed by atoms with Gasteiger partial charge in [0.25, 0.3) is 5.88 Å². The third-order valence-electron chi connectivity index (χ3n) is 6.09. The summed E-state index contributed by atoms with van der Waals surface area (Å²) in [6, 6.07) is 5.14. The molecule has 0 unspecified atom stereocenters. The van der Waals surface area contributed by atoms with E-state index in [1.807, 2.05) is 19.1 Å². The lowest BCUT2D eigenvalue weighted by Crippen LogP contribution is -2.33. The molecular weight excluding hydrogens is 581 g/mol. The molecule has 0 bridgehead atoms. The number of hydrogen-bond donors (Lipinski definition) is 2. The Morgan fingerprint density at radius 1 is 1.02 bits per heavy atom. The minimum absolute atomic E-state index is 0.0336. The molecule has 13 nitrogen and oxygen atoms in total. The van der Waals surface area contributed by atoms with Crippen molar-refractivity contribution in [1.82, 2.24) is 29.9 Å². The fourth-order valence-electron chi connectivity index (χ4n) is 3.87. The molecule has 4 heterocycles. The number of aromatic nitrogens is 6. The maximum Gasteiger partial charge on any atom is 0.412 e. The minimum atomic E-state index is -0.786. The summed E-state index contributed by atoms with van der Waals surface area (Å²) < 4.78 is 36.5. The van der Waals surface area contributed by atoms with Gasteiger partial charge >= 0.3 is 12.1 Å². The van der Waals surface area contributed by atoms with Crippen molar-refractivity contribution in [3.05, 3.63) is 48.2 Å². The van der Waals surface area contributed by atoms with Crippen molar-refractivity contribution in [2.45, 2.75) is 46.0 Å². The highest BCUT2D eigenvalue weighted by Gasteiger charge is 2.23. The van der Waals surface area contributed by atoms with Gasteiger partial charge in [0, 0.05) is 11.6 Å². The summed E-state index contributed by atoms with van der Waals surface area (Å²) in [6.07, 6.45) is 1.20. The number of fused-ring (bicyclic) bond motifs is 2. The molecule has 3 atom stereocenters. The molecule has 5 rings (SSSR count). The Hall–Kier alpha value is -4.76. The van der Waals surface area contributed by atoms with Crippen LogP contribution in [-0.4, -0.2) is 73.1 Å². The van der Waals surface area contributed by atoms with E-state index in [0.29, 0.717) is 32.3 Å². The molecule has 0 radical (unpaired) electrons. The number of benzene rings is 1. The summed E-state index contributed by atoms with van der Waals surface area (Å²) in [7, 11) is 1.52. The normalized spacial score (nSPS) is 13.4. The Bertz CT molecular complexity index is 1770. The van der Waals surface area contributed by atoms with E-state index in [9.17, 15) is 9.90 Å². The van der Waals surface area contributed by atoms with E-state index >= 15 is 4.39 Å². The highest BCUT2D eigenvalue weighted by Crippen LogP contribution is 2.35. The van der Waals surface area contributed by atoms with Crippen molar-refractivity contribution in [2.75, 3.05) is 19.0 Å². The van der Waals surface area contributed by atoms with E-state index in [4.69, 9.17) is 18.9 Å². The van der Waals surface area contributed by atoms with Gasteiger partial charge in [-0.15, -0.1) is 0 Å². The van der Waals surface area contributed by atoms with E-state index in [1.54, 1.807) is 20.8 Å². The number of hydrogen-bond acceptors (Lipinski definition) is 13. The fourth-order valence-corrected chi connectivity index (χ4v) is 4.80. The van der Waals surface area contributed by atoms with Gasteiger partial charge in [0.2, 0.25) is 5.88 Å². The van der Waals surface area contributed by atoms with Crippen LogP contribution in [-0.2, 0) is 4.74 Å². The number of halogens is 1. The number of ether oxygens (including phenoxy) is 4. The molecule has 0 spiro atoms. The van der Waals surface area contributed by atoms with Gasteiger partial charge in [-0.3, -0.25) is 5.32 Å². The lowest BCUT2D eigenvalue weighted by molar-refractivity contribution is 0.0379. The van der Waals surface area contributed by atoms with Crippen molar-refractivity contribution in [2.24, 2.45) is 0 Å². The van der Waals surface area contributed by atoms with Crippen molar-refractivity contribution < 1.29 is 33.2 Å². The molecule has 1 amide bonds. The molecular formula is C28H28FN7O6S. The number of aryl methyl sites for hydroxylation is 1. The maximum absolute atomic E-state index is 15.0. The lowest BCUT2D eigenvalue weighted by Gasteiger charge is -2.21. The topological polar surface area (TPSA) is 164 Å². The van der Waals surface area contributed by atoms with E-state index in [0.717, 1.165) is 11.1 Å². The van der Waals surface area contributed by atoms with Crippen molar-refractivity contribution in [3.8, 4) is 28.3 Å². The molecule has 0 fully saturated rings. The number of nitrogens with zero attached hydrogens (tertiary/aromatic N) is 6. The lowest BCUT2D eigenvalue weighted by atomic mass is 10.1. The second-order valence-corrected chi connectivity index (χ2v) is 10.7. The number of thiazole rings is 1. The number of methoxy groups -OCH3 is 1. The minimum Gasteiger partial charge on any atom is -0.480 e. The number of rotatable bonds is 10. The smallest absolute Gasteiger partial charge is 0.412 e. The Morgan fingerprint density at radius 2 is 1.79 bits per heavy atom. The summed E-state index contributed by atoms with van der Waals surface area (Å²) in [6.45, 7) is 6.77. The van der Waals surface area contributed by atoms with Gasteiger partial charge in [0.15, 0.2) is 5.82 Å². The van der Waals surface area contributed by atoms with Crippen molar-refractivity contribution in [3.63, 3.8) is 0 Å². The van der Waals surface area contributed by atoms with Gasteiger partial charge in [-0.2, -0.15) is 4.98 Å². The van der Waals surface area contributed by atoms with Gasteiger partial charge in [-0.1, -0.05) is 11.3 Å². The monoisotopic (exact) mass is 609 g/mol. The second-order valence-electron chi connectivity index (χ2n) is 9.68. The van der Waals surface area contributed by atoms with Gasteiger partial charge in [0.1, 0.15) is 34.2 Å². The van der Waals surface area contributed by atoms with Gasteiger partial charge in [-0.05, 0) is 45.4 Å². The van der Waals surface area contributed by atoms with Crippen LogP contribution in [0.25, 0.3) is 32.0 Å². The zero-order valence-electron chi connectivity index (χ0n) is 23.9. The van der Waals surface area contributed by atoms with Crippen LogP contribution in [0.1, 0.15) is 26.3 Å². The first kappa shape index (κ1) is 29.7. The van der Waals surface area contributed by atoms with Crippen molar-refractivity contribution in [1.29, 1.82) is 0 Å². The van der Waals surface area contributed by atoms with Crippen LogP contribution in [0.15, 0.2) is 36.8 Å². The highest BCUT2D eigenvalue weighted by atomic mass is 32.1. The molecule has 224 valence electrons. The summed E-state index contributed by atoms with van der Waals surface area (Å²) in [4.78, 5) is 38.7. The first-order chi connectivity index (χ1) is 20.6. The average Bonchev–Trinajstić information content (AvgIpc) is 3.38. The number of carbonyl (C=O) groups excluding carboxylic acids is 1. The Balaban J connectivity index is 1.26. The van der Waals surface area contributed by atoms with Gasteiger partial charge in [-0.25, -0.2) is 34.1 Å².